The Morgan fingerprint density at radius 2 is 2.00 bits per heavy atom. The third-order valence-corrected chi connectivity index (χ3v) is 3.99. The molecule has 0 spiro atoms. The summed E-state index contributed by atoms with van der Waals surface area (Å²) in [6.07, 6.45) is 1.53. The number of rotatable bonds is 6. The summed E-state index contributed by atoms with van der Waals surface area (Å²) in [4.78, 5) is 24.8. The number of carboxylic acid groups (broad SMARTS) is 1. The Bertz CT molecular complexity index is 586. The minimum atomic E-state index is -0.827. The maximum Gasteiger partial charge on any atom is 0.317 e. The Hall–Kier alpha value is -2.39. The molecule has 1 aromatic carbocycles. The first-order chi connectivity index (χ1) is 10.5. The lowest BCUT2D eigenvalue weighted by Gasteiger charge is -2.42. The number of carbonyl (C=O) groups is 2. The number of hydrogen-bond acceptors (Lipinski definition) is 4. The van der Waals surface area contributed by atoms with Crippen molar-refractivity contribution < 1.29 is 14.7 Å². The second-order valence-electron chi connectivity index (χ2n) is 5.44. The summed E-state index contributed by atoms with van der Waals surface area (Å²) in [6, 6.07) is 8.80. The van der Waals surface area contributed by atoms with E-state index in [0.29, 0.717) is 17.7 Å². The lowest BCUT2D eigenvalue weighted by atomic mass is 9.85. The molecule has 1 fully saturated rings. The zero-order valence-corrected chi connectivity index (χ0v) is 12.5. The van der Waals surface area contributed by atoms with Gasteiger partial charge in [0.15, 0.2) is 0 Å². The second-order valence-corrected chi connectivity index (χ2v) is 5.44. The van der Waals surface area contributed by atoms with Gasteiger partial charge < -0.3 is 10.4 Å². The molecule has 1 aliphatic carbocycles. The molecule has 1 saturated carbocycles. The highest BCUT2D eigenvalue weighted by atomic mass is 16.4. The van der Waals surface area contributed by atoms with Gasteiger partial charge in [-0.3, -0.25) is 14.5 Å². The third-order valence-electron chi connectivity index (χ3n) is 3.99. The lowest BCUT2D eigenvalue weighted by Crippen LogP contribution is -2.54. The number of amides is 1. The molecule has 6 heteroatoms. The Labute approximate surface area is 129 Å². The molecule has 0 radical (unpaired) electrons. The van der Waals surface area contributed by atoms with Gasteiger partial charge in [-0.2, -0.15) is 5.26 Å². The van der Waals surface area contributed by atoms with Gasteiger partial charge in [0.05, 0.1) is 18.2 Å². The van der Waals surface area contributed by atoms with E-state index in [1.54, 1.807) is 24.3 Å². The van der Waals surface area contributed by atoms with Crippen molar-refractivity contribution in [1.29, 1.82) is 5.26 Å². The summed E-state index contributed by atoms with van der Waals surface area (Å²) < 4.78 is 0. The van der Waals surface area contributed by atoms with Crippen molar-refractivity contribution in [3.63, 3.8) is 0 Å². The molecule has 1 aromatic rings. The summed E-state index contributed by atoms with van der Waals surface area (Å²) in [5, 5.41) is 20.5. The highest BCUT2D eigenvalue weighted by Gasteiger charge is 2.34. The first kappa shape index (κ1) is 16.0. The van der Waals surface area contributed by atoms with E-state index in [4.69, 9.17) is 10.4 Å². The number of nitriles is 1. The van der Waals surface area contributed by atoms with E-state index in [-0.39, 0.29) is 24.5 Å². The van der Waals surface area contributed by atoms with Crippen LogP contribution in [0, 0.1) is 11.3 Å². The highest BCUT2D eigenvalue weighted by molar-refractivity contribution is 5.94. The number of benzene rings is 1. The van der Waals surface area contributed by atoms with E-state index >= 15 is 0 Å². The van der Waals surface area contributed by atoms with E-state index in [0.717, 1.165) is 12.8 Å². The molecule has 2 rings (SSSR count). The first-order valence-corrected chi connectivity index (χ1v) is 7.30. The van der Waals surface area contributed by atoms with Crippen molar-refractivity contribution in [2.75, 3.05) is 13.1 Å². The number of likely N-dealkylation sites (N-methyl/N-ethyl adjacent to an activating group) is 1. The third kappa shape index (κ3) is 3.83. The minimum Gasteiger partial charge on any atom is -0.480 e. The molecule has 0 heterocycles. The van der Waals surface area contributed by atoms with Crippen LogP contribution in [-0.2, 0) is 4.79 Å². The van der Waals surface area contributed by atoms with Gasteiger partial charge in [0.2, 0.25) is 0 Å². The van der Waals surface area contributed by atoms with Gasteiger partial charge in [0, 0.05) is 17.6 Å². The fourth-order valence-electron chi connectivity index (χ4n) is 2.64. The van der Waals surface area contributed by atoms with Gasteiger partial charge >= 0.3 is 5.97 Å². The zero-order chi connectivity index (χ0) is 16.1. The van der Waals surface area contributed by atoms with Crippen LogP contribution in [0.25, 0.3) is 0 Å². The van der Waals surface area contributed by atoms with Gasteiger partial charge in [-0.15, -0.1) is 0 Å². The van der Waals surface area contributed by atoms with Gasteiger partial charge in [-0.25, -0.2) is 0 Å². The molecular formula is C16H19N3O3. The smallest absolute Gasteiger partial charge is 0.317 e. The summed E-state index contributed by atoms with van der Waals surface area (Å²) in [5.74, 6) is -0.985. The van der Waals surface area contributed by atoms with Gasteiger partial charge in [-0.05, 0) is 43.7 Å². The Morgan fingerprint density at radius 3 is 2.50 bits per heavy atom. The number of aliphatic carboxylic acids is 1. The molecule has 116 valence electrons. The summed E-state index contributed by atoms with van der Waals surface area (Å²) in [5.41, 5.74) is 1.05. The molecule has 0 aromatic heterocycles. The van der Waals surface area contributed by atoms with E-state index in [9.17, 15) is 9.59 Å². The number of nitrogens with one attached hydrogen (secondary N) is 1. The molecule has 0 bridgehead atoms. The first-order valence-electron chi connectivity index (χ1n) is 7.30. The molecule has 0 unspecified atom stereocenters. The van der Waals surface area contributed by atoms with Crippen molar-refractivity contribution in [3.05, 3.63) is 35.4 Å². The Morgan fingerprint density at radius 1 is 1.36 bits per heavy atom. The molecule has 1 aliphatic rings. The van der Waals surface area contributed by atoms with Crippen molar-refractivity contribution >= 4 is 11.9 Å². The lowest BCUT2D eigenvalue weighted by molar-refractivity contribution is -0.139. The predicted molar refractivity (Wildman–Crippen MR) is 80.3 cm³/mol. The summed E-state index contributed by atoms with van der Waals surface area (Å²) in [6.45, 7) is 2.66. The maximum absolute atomic E-state index is 12.1. The second kappa shape index (κ2) is 7.05. The van der Waals surface area contributed by atoms with Crippen LogP contribution in [0.3, 0.4) is 0 Å². The number of carbonyl (C=O) groups excluding carboxylic acids is 1. The van der Waals surface area contributed by atoms with Crippen LogP contribution in [0.2, 0.25) is 0 Å². The molecule has 0 aliphatic heterocycles. The molecular weight excluding hydrogens is 282 g/mol. The predicted octanol–water partition coefficient (Wildman–Crippen LogP) is 1.23. The largest absolute Gasteiger partial charge is 0.480 e. The van der Waals surface area contributed by atoms with E-state index in [1.165, 1.54) is 0 Å². The van der Waals surface area contributed by atoms with E-state index in [2.05, 4.69) is 5.32 Å². The van der Waals surface area contributed by atoms with Crippen molar-refractivity contribution in [1.82, 2.24) is 10.2 Å². The molecule has 0 atom stereocenters. The summed E-state index contributed by atoms with van der Waals surface area (Å²) in [7, 11) is 0. The Kier molecular flexibility index (Phi) is 5.12. The zero-order valence-electron chi connectivity index (χ0n) is 12.5. The SMILES string of the molecule is CCN(CC(=O)O)C1CC(NC(=O)c2ccc(C#N)cc2)C1. The highest BCUT2D eigenvalue weighted by Crippen LogP contribution is 2.25. The number of carboxylic acids is 1. The fraction of sp³-hybridized carbons (Fsp3) is 0.438. The quantitative estimate of drug-likeness (QED) is 0.824. The normalized spacial score (nSPS) is 20.0. The van der Waals surface area contributed by atoms with Crippen LogP contribution in [0.15, 0.2) is 24.3 Å². The van der Waals surface area contributed by atoms with Crippen LogP contribution in [0.4, 0.5) is 0 Å². The number of nitrogens with zero attached hydrogens (tertiary/aromatic N) is 2. The average molecular weight is 301 g/mol. The molecule has 1 amide bonds. The van der Waals surface area contributed by atoms with Crippen LogP contribution in [0.5, 0.6) is 0 Å². The topological polar surface area (TPSA) is 93.4 Å². The van der Waals surface area contributed by atoms with Crippen LogP contribution in [-0.4, -0.2) is 47.1 Å². The van der Waals surface area contributed by atoms with Crippen LogP contribution < -0.4 is 5.32 Å². The van der Waals surface area contributed by atoms with Gasteiger partial charge in [0.25, 0.3) is 5.91 Å². The molecule has 0 saturated heterocycles. The van der Waals surface area contributed by atoms with Crippen molar-refractivity contribution in [2.24, 2.45) is 0 Å². The van der Waals surface area contributed by atoms with Gasteiger partial charge in [-0.1, -0.05) is 6.92 Å². The van der Waals surface area contributed by atoms with Crippen molar-refractivity contribution in [3.8, 4) is 6.07 Å². The number of hydrogen-bond donors (Lipinski definition) is 2. The average Bonchev–Trinajstić information content (AvgIpc) is 2.48. The molecule has 6 nitrogen and oxygen atoms in total. The standard InChI is InChI=1S/C16H19N3O3/c1-2-19(10-15(20)21)14-7-13(8-14)18-16(22)12-5-3-11(9-17)4-6-12/h3-6,13-14H,2,7-8,10H2,1H3,(H,18,22)(H,20,21). The minimum absolute atomic E-state index is 0.0391. The van der Waals surface area contributed by atoms with Crippen molar-refractivity contribution in [2.45, 2.75) is 31.8 Å². The Balaban J connectivity index is 1.82. The maximum atomic E-state index is 12.1. The van der Waals surface area contributed by atoms with Crippen LogP contribution >= 0.6 is 0 Å². The monoisotopic (exact) mass is 301 g/mol. The van der Waals surface area contributed by atoms with Crippen LogP contribution in [0.1, 0.15) is 35.7 Å². The molecule has 22 heavy (non-hydrogen) atoms. The fourth-order valence-corrected chi connectivity index (χ4v) is 2.64. The van der Waals surface area contributed by atoms with E-state index in [1.807, 2.05) is 17.9 Å². The summed E-state index contributed by atoms with van der Waals surface area (Å²) >= 11 is 0. The van der Waals surface area contributed by atoms with Gasteiger partial charge in [0.1, 0.15) is 0 Å². The molecule has 2 N–H and O–H groups in total. The van der Waals surface area contributed by atoms with E-state index < -0.39 is 5.97 Å².